The van der Waals surface area contributed by atoms with Crippen molar-refractivity contribution in [2.45, 2.75) is 19.4 Å². The molecule has 0 aliphatic carbocycles. The van der Waals surface area contributed by atoms with E-state index in [2.05, 4.69) is 23.1 Å². The summed E-state index contributed by atoms with van der Waals surface area (Å²) in [5, 5.41) is 3.21. The topological polar surface area (TPSA) is 24.5 Å². The van der Waals surface area contributed by atoms with Gasteiger partial charge in [0.25, 0.3) is 0 Å². The van der Waals surface area contributed by atoms with Crippen LogP contribution in [0.4, 0.5) is 0 Å². The maximum absolute atomic E-state index is 5.47. The summed E-state index contributed by atoms with van der Waals surface area (Å²) in [6.45, 7) is 7.19. The fraction of sp³-hybridized carbons (Fsp3) is 0.833. The van der Waals surface area contributed by atoms with Crippen molar-refractivity contribution in [2.24, 2.45) is 5.92 Å². The first-order chi connectivity index (χ1) is 7.27. The maximum atomic E-state index is 5.47. The summed E-state index contributed by atoms with van der Waals surface area (Å²) in [6.07, 6.45) is 6.79. The Bertz CT molecular complexity index is 212. The van der Waals surface area contributed by atoms with E-state index in [0.717, 1.165) is 19.6 Å². The van der Waals surface area contributed by atoms with Crippen molar-refractivity contribution >= 4 is 0 Å². The van der Waals surface area contributed by atoms with Crippen molar-refractivity contribution in [1.82, 2.24) is 10.2 Å². The Morgan fingerprint density at radius 1 is 1.60 bits per heavy atom. The van der Waals surface area contributed by atoms with Crippen molar-refractivity contribution in [3.8, 4) is 12.3 Å². The minimum absolute atomic E-state index is 0.395. The first-order valence-electron chi connectivity index (χ1n) is 5.67. The highest BCUT2D eigenvalue weighted by atomic mass is 16.5. The van der Waals surface area contributed by atoms with E-state index < -0.39 is 0 Å². The van der Waals surface area contributed by atoms with Crippen LogP contribution in [0.25, 0.3) is 0 Å². The molecule has 0 spiro atoms. The molecule has 1 heterocycles. The number of ether oxygens (including phenoxy) is 1. The van der Waals surface area contributed by atoms with Gasteiger partial charge in [-0.1, -0.05) is 12.8 Å². The fourth-order valence-corrected chi connectivity index (χ4v) is 2.01. The lowest BCUT2D eigenvalue weighted by atomic mass is 9.96. The molecule has 0 saturated carbocycles. The summed E-state index contributed by atoms with van der Waals surface area (Å²) in [5.74, 6) is 3.26. The van der Waals surface area contributed by atoms with Gasteiger partial charge in [-0.05, 0) is 18.9 Å². The molecule has 86 valence electrons. The Morgan fingerprint density at radius 2 is 2.40 bits per heavy atom. The van der Waals surface area contributed by atoms with E-state index in [1.54, 1.807) is 7.11 Å². The molecule has 2 atom stereocenters. The lowest BCUT2D eigenvalue weighted by molar-refractivity contribution is -0.00434. The molecule has 1 aliphatic rings. The normalized spacial score (nSPS) is 27.5. The number of piperidine rings is 1. The van der Waals surface area contributed by atoms with Gasteiger partial charge < -0.3 is 10.1 Å². The maximum Gasteiger partial charge on any atom is 0.0724 e. The van der Waals surface area contributed by atoms with Gasteiger partial charge in [0.2, 0.25) is 0 Å². The number of likely N-dealkylation sites (tertiary alicyclic amines) is 1. The molecule has 0 amide bonds. The van der Waals surface area contributed by atoms with Gasteiger partial charge in [-0.3, -0.25) is 4.90 Å². The van der Waals surface area contributed by atoms with Crippen LogP contribution in [-0.2, 0) is 4.74 Å². The van der Waals surface area contributed by atoms with Gasteiger partial charge in [-0.25, -0.2) is 0 Å². The summed E-state index contributed by atoms with van der Waals surface area (Å²) in [7, 11) is 1.81. The first kappa shape index (κ1) is 12.5. The van der Waals surface area contributed by atoms with E-state index in [-0.39, 0.29) is 0 Å². The van der Waals surface area contributed by atoms with Gasteiger partial charge >= 0.3 is 0 Å². The largest absolute Gasteiger partial charge is 0.380 e. The number of hydrogen-bond donors (Lipinski definition) is 1. The van der Waals surface area contributed by atoms with Gasteiger partial charge in [0.05, 0.1) is 12.6 Å². The van der Waals surface area contributed by atoms with Crippen LogP contribution in [0.5, 0.6) is 0 Å². The van der Waals surface area contributed by atoms with Crippen LogP contribution in [0.2, 0.25) is 0 Å². The molecular formula is C12H22N2O. The van der Waals surface area contributed by atoms with E-state index in [1.807, 2.05) is 0 Å². The van der Waals surface area contributed by atoms with E-state index in [9.17, 15) is 0 Å². The molecule has 1 aliphatic heterocycles. The zero-order valence-electron chi connectivity index (χ0n) is 9.83. The zero-order chi connectivity index (χ0) is 11.1. The summed E-state index contributed by atoms with van der Waals surface area (Å²) in [5.41, 5.74) is 0. The van der Waals surface area contributed by atoms with Crippen LogP contribution >= 0.6 is 0 Å². The fourth-order valence-electron chi connectivity index (χ4n) is 2.01. The molecule has 15 heavy (non-hydrogen) atoms. The number of hydrogen-bond acceptors (Lipinski definition) is 3. The monoisotopic (exact) mass is 210 g/mol. The number of nitrogens with zero attached hydrogens (tertiary/aromatic N) is 1. The van der Waals surface area contributed by atoms with Crippen molar-refractivity contribution in [1.29, 1.82) is 0 Å². The highest BCUT2D eigenvalue weighted by molar-refractivity contribution is 4.86. The molecule has 3 heteroatoms. The van der Waals surface area contributed by atoms with Crippen LogP contribution in [0.3, 0.4) is 0 Å². The molecule has 0 bridgehead atoms. The third kappa shape index (κ3) is 4.21. The van der Waals surface area contributed by atoms with Crippen molar-refractivity contribution < 1.29 is 4.74 Å². The standard InChI is InChI=1S/C12H22N2O/c1-4-6-13-7-9-14-8-5-11(2)12(10-14)15-3/h1,11-13H,5-10H2,2-3H3. The van der Waals surface area contributed by atoms with Crippen molar-refractivity contribution in [2.75, 3.05) is 39.8 Å². The highest BCUT2D eigenvalue weighted by Gasteiger charge is 2.25. The predicted molar refractivity (Wildman–Crippen MR) is 62.7 cm³/mol. The Labute approximate surface area is 93.2 Å². The minimum atomic E-state index is 0.395. The highest BCUT2D eigenvalue weighted by Crippen LogP contribution is 2.18. The molecule has 0 radical (unpaired) electrons. The molecule has 2 unspecified atom stereocenters. The summed E-state index contributed by atoms with van der Waals surface area (Å²) in [6, 6.07) is 0. The second-order valence-electron chi connectivity index (χ2n) is 4.22. The second-order valence-corrected chi connectivity index (χ2v) is 4.22. The average Bonchev–Trinajstić information content (AvgIpc) is 2.26. The molecule has 1 N–H and O–H groups in total. The van der Waals surface area contributed by atoms with Gasteiger partial charge in [0, 0.05) is 26.7 Å². The van der Waals surface area contributed by atoms with E-state index >= 15 is 0 Å². The molecule has 3 nitrogen and oxygen atoms in total. The smallest absolute Gasteiger partial charge is 0.0724 e. The third-order valence-electron chi connectivity index (χ3n) is 3.11. The van der Waals surface area contributed by atoms with E-state index in [1.165, 1.54) is 13.0 Å². The Kier molecular flexibility index (Phi) is 5.70. The first-order valence-corrected chi connectivity index (χ1v) is 5.67. The molecule has 1 rings (SSSR count). The van der Waals surface area contributed by atoms with Gasteiger partial charge in [-0.15, -0.1) is 6.42 Å². The van der Waals surface area contributed by atoms with Crippen LogP contribution < -0.4 is 5.32 Å². The average molecular weight is 210 g/mol. The van der Waals surface area contributed by atoms with Crippen LogP contribution in [0.15, 0.2) is 0 Å². The van der Waals surface area contributed by atoms with Crippen molar-refractivity contribution in [3.05, 3.63) is 0 Å². The van der Waals surface area contributed by atoms with Crippen LogP contribution in [0, 0.1) is 18.3 Å². The number of rotatable bonds is 5. The molecule has 0 aromatic rings. The number of terminal acetylenes is 1. The predicted octanol–water partition coefficient (Wildman–Crippen LogP) is 0.566. The Morgan fingerprint density at radius 3 is 3.07 bits per heavy atom. The molecular weight excluding hydrogens is 188 g/mol. The van der Waals surface area contributed by atoms with Gasteiger partial charge in [0.1, 0.15) is 0 Å². The molecule has 1 fully saturated rings. The molecule has 0 aromatic carbocycles. The quantitative estimate of drug-likeness (QED) is 0.530. The van der Waals surface area contributed by atoms with Crippen molar-refractivity contribution in [3.63, 3.8) is 0 Å². The Balaban J connectivity index is 2.18. The van der Waals surface area contributed by atoms with Gasteiger partial charge in [-0.2, -0.15) is 0 Å². The van der Waals surface area contributed by atoms with Crippen LogP contribution in [-0.4, -0.2) is 50.8 Å². The Hall–Kier alpha value is -0.560. The number of methoxy groups -OCH3 is 1. The number of nitrogens with one attached hydrogen (secondary N) is 1. The minimum Gasteiger partial charge on any atom is -0.380 e. The van der Waals surface area contributed by atoms with Crippen LogP contribution in [0.1, 0.15) is 13.3 Å². The summed E-state index contributed by atoms with van der Waals surface area (Å²) < 4.78 is 5.47. The molecule has 0 aromatic heterocycles. The summed E-state index contributed by atoms with van der Waals surface area (Å²) >= 11 is 0. The van der Waals surface area contributed by atoms with E-state index in [4.69, 9.17) is 11.2 Å². The van der Waals surface area contributed by atoms with Gasteiger partial charge in [0.15, 0.2) is 0 Å². The third-order valence-corrected chi connectivity index (χ3v) is 3.11. The van der Waals surface area contributed by atoms with E-state index in [0.29, 0.717) is 18.6 Å². The zero-order valence-corrected chi connectivity index (χ0v) is 9.83. The lowest BCUT2D eigenvalue weighted by Gasteiger charge is -2.36. The SMILES string of the molecule is C#CCNCCN1CCC(C)C(OC)C1. The molecule has 1 saturated heterocycles. The second kappa shape index (κ2) is 6.84. The summed E-state index contributed by atoms with van der Waals surface area (Å²) in [4.78, 5) is 2.44. The lowest BCUT2D eigenvalue weighted by Crippen LogP contribution is -2.46.